The third-order valence-electron chi connectivity index (χ3n) is 6.65. The van der Waals surface area contributed by atoms with Crippen molar-refractivity contribution in [1.29, 1.82) is 0 Å². The molecule has 1 atom stereocenters. The molecule has 0 radical (unpaired) electrons. The van der Waals surface area contributed by atoms with Gasteiger partial charge in [0.2, 0.25) is 18.6 Å². The highest BCUT2D eigenvalue weighted by Gasteiger charge is 2.47. The predicted octanol–water partition coefficient (Wildman–Crippen LogP) is -0.0355. The molecule has 0 spiro atoms. The predicted molar refractivity (Wildman–Crippen MR) is 103 cm³/mol. The molecule has 4 heterocycles. The Balaban J connectivity index is 1.24. The maximum absolute atomic E-state index is 13.1. The number of likely N-dealkylation sites (tertiary alicyclic amines) is 2. The van der Waals surface area contributed by atoms with Gasteiger partial charge >= 0.3 is 0 Å². The van der Waals surface area contributed by atoms with Crippen molar-refractivity contribution in [3.63, 3.8) is 0 Å². The van der Waals surface area contributed by atoms with Crippen molar-refractivity contribution in [3.05, 3.63) is 18.2 Å². The van der Waals surface area contributed by atoms with Crippen LogP contribution in [0.15, 0.2) is 18.2 Å². The van der Waals surface area contributed by atoms with Crippen LogP contribution in [0.25, 0.3) is 0 Å². The number of hydrogen-bond donors (Lipinski definition) is 1. The minimum absolute atomic E-state index is 0.0639. The van der Waals surface area contributed by atoms with E-state index in [1.54, 1.807) is 18.2 Å². The number of carbonyl (C=O) groups is 3. The first-order valence-corrected chi connectivity index (χ1v) is 10.5. The Hall–Kier alpha value is -2.61. The summed E-state index contributed by atoms with van der Waals surface area (Å²) in [6.45, 7) is 3.42. The minimum atomic E-state index is -0.365. The molecule has 3 amide bonds. The molecule has 4 aliphatic rings. The molecule has 3 fully saturated rings. The van der Waals surface area contributed by atoms with E-state index in [0.717, 1.165) is 56.8 Å². The summed E-state index contributed by atoms with van der Waals surface area (Å²) in [7, 11) is 0. The summed E-state index contributed by atoms with van der Waals surface area (Å²) in [4.78, 5) is 42.7. The van der Waals surface area contributed by atoms with Gasteiger partial charge < -0.3 is 19.3 Å². The van der Waals surface area contributed by atoms with E-state index in [0.29, 0.717) is 17.2 Å². The fourth-order valence-corrected chi connectivity index (χ4v) is 5.03. The molecule has 1 aromatic carbocycles. The van der Waals surface area contributed by atoms with Gasteiger partial charge in [-0.1, -0.05) is 0 Å². The molecule has 0 aromatic heterocycles. The van der Waals surface area contributed by atoms with Crippen molar-refractivity contribution >= 4 is 23.4 Å². The molecule has 0 saturated carbocycles. The van der Waals surface area contributed by atoms with Crippen molar-refractivity contribution in [2.24, 2.45) is 5.92 Å². The van der Waals surface area contributed by atoms with Crippen LogP contribution < -0.4 is 19.3 Å². The van der Waals surface area contributed by atoms with E-state index in [1.165, 1.54) is 4.90 Å². The van der Waals surface area contributed by atoms with Gasteiger partial charge in [-0.05, 0) is 25.0 Å². The van der Waals surface area contributed by atoms with Crippen LogP contribution in [0.1, 0.15) is 32.1 Å². The number of carbonyl (C=O) groups excluding carboxylic acids is 3. The molecule has 0 bridgehead atoms. The minimum Gasteiger partial charge on any atom is -0.454 e. The number of piperidine rings is 1. The van der Waals surface area contributed by atoms with Crippen LogP contribution in [0, 0.1) is 5.92 Å². The molecular weight excluding hydrogens is 374 g/mol. The molecule has 1 N–H and O–H groups in total. The summed E-state index contributed by atoms with van der Waals surface area (Å²) in [6.07, 6.45) is 3.99. The number of quaternary nitrogens is 1. The van der Waals surface area contributed by atoms with E-state index in [2.05, 4.69) is 0 Å². The first-order valence-electron chi connectivity index (χ1n) is 10.5. The number of hydrogen-bond acceptors (Lipinski definition) is 5. The van der Waals surface area contributed by atoms with E-state index in [-0.39, 0.29) is 42.9 Å². The lowest BCUT2D eigenvalue weighted by Gasteiger charge is -2.33. The van der Waals surface area contributed by atoms with Crippen LogP contribution in [0.4, 0.5) is 5.69 Å². The highest BCUT2D eigenvalue weighted by molar-refractivity contribution is 6.22. The van der Waals surface area contributed by atoms with Gasteiger partial charge in [0.25, 0.3) is 5.91 Å². The first-order chi connectivity index (χ1) is 14.1. The van der Waals surface area contributed by atoms with Gasteiger partial charge in [-0.3, -0.25) is 14.4 Å². The van der Waals surface area contributed by atoms with Gasteiger partial charge in [0.05, 0.1) is 25.2 Å². The standard InChI is InChI=1S/C21H25N3O5/c25-19-12-16(21(27)24(19)15-3-4-17-18(11-15)29-13-28-17)22-9-5-14(6-10-22)20(26)23-7-1-2-8-23/h3-4,11,14,16H,1-2,5-10,12-13H2/p+1/t16-/m0/s1. The SMILES string of the molecule is O=C(C1CC[NH+]([C@H]2CC(=O)N(c3ccc4c(c3)OCO4)C2=O)CC1)N1CCCC1. The molecule has 5 rings (SSSR count). The molecule has 4 aliphatic heterocycles. The van der Waals surface area contributed by atoms with Crippen LogP contribution in [0.3, 0.4) is 0 Å². The third kappa shape index (κ3) is 3.25. The summed E-state index contributed by atoms with van der Waals surface area (Å²) < 4.78 is 10.7. The zero-order valence-corrected chi connectivity index (χ0v) is 16.4. The lowest BCUT2D eigenvalue weighted by molar-refractivity contribution is -0.920. The van der Waals surface area contributed by atoms with E-state index in [9.17, 15) is 14.4 Å². The van der Waals surface area contributed by atoms with Crippen LogP contribution >= 0.6 is 0 Å². The number of nitrogens with zero attached hydrogens (tertiary/aromatic N) is 2. The third-order valence-corrected chi connectivity index (χ3v) is 6.65. The average molecular weight is 400 g/mol. The topological polar surface area (TPSA) is 80.6 Å². The Morgan fingerprint density at radius 1 is 1.03 bits per heavy atom. The lowest BCUT2D eigenvalue weighted by Crippen LogP contribution is -3.17. The molecule has 3 saturated heterocycles. The quantitative estimate of drug-likeness (QED) is 0.721. The normalized spacial score (nSPS) is 29.0. The van der Waals surface area contributed by atoms with Crippen LogP contribution in [-0.4, -0.2) is 61.6 Å². The van der Waals surface area contributed by atoms with Crippen LogP contribution in [-0.2, 0) is 14.4 Å². The Labute approximate surface area is 169 Å². The van der Waals surface area contributed by atoms with Gasteiger partial charge in [-0.15, -0.1) is 0 Å². The zero-order valence-electron chi connectivity index (χ0n) is 16.4. The maximum atomic E-state index is 13.1. The fourth-order valence-electron chi connectivity index (χ4n) is 5.03. The zero-order chi connectivity index (χ0) is 20.0. The highest BCUT2D eigenvalue weighted by atomic mass is 16.7. The van der Waals surface area contributed by atoms with Gasteiger partial charge in [-0.2, -0.15) is 0 Å². The second kappa shape index (κ2) is 7.33. The molecule has 8 heteroatoms. The van der Waals surface area contributed by atoms with E-state index < -0.39 is 0 Å². The number of amides is 3. The molecular formula is C21H26N3O5+. The van der Waals surface area contributed by atoms with Crippen molar-refractivity contribution < 1.29 is 28.8 Å². The van der Waals surface area contributed by atoms with Crippen molar-refractivity contribution in [2.45, 2.75) is 38.1 Å². The monoisotopic (exact) mass is 400 g/mol. The summed E-state index contributed by atoms with van der Waals surface area (Å²) in [5, 5.41) is 0. The summed E-state index contributed by atoms with van der Waals surface area (Å²) in [6, 6.07) is 4.78. The number of anilines is 1. The van der Waals surface area contributed by atoms with Gasteiger partial charge in [-0.25, -0.2) is 4.90 Å². The lowest BCUT2D eigenvalue weighted by atomic mass is 9.94. The van der Waals surface area contributed by atoms with Crippen LogP contribution in [0.2, 0.25) is 0 Å². The molecule has 0 aliphatic carbocycles. The Morgan fingerprint density at radius 3 is 2.52 bits per heavy atom. The van der Waals surface area contributed by atoms with Crippen molar-refractivity contribution in [2.75, 3.05) is 37.9 Å². The molecule has 8 nitrogen and oxygen atoms in total. The number of nitrogens with one attached hydrogen (secondary N) is 1. The molecule has 1 aromatic rings. The van der Waals surface area contributed by atoms with E-state index in [4.69, 9.17) is 9.47 Å². The number of benzene rings is 1. The van der Waals surface area contributed by atoms with Crippen molar-refractivity contribution in [1.82, 2.24) is 4.90 Å². The summed E-state index contributed by atoms with van der Waals surface area (Å²) >= 11 is 0. The Morgan fingerprint density at radius 2 is 1.76 bits per heavy atom. The first kappa shape index (κ1) is 18.4. The second-order valence-electron chi connectivity index (χ2n) is 8.33. The molecule has 29 heavy (non-hydrogen) atoms. The Bertz CT molecular complexity index is 843. The largest absolute Gasteiger partial charge is 0.454 e. The second-order valence-corrected chi connectivity index (χ2v) is 8.33. The molecule has 0 unspecified atom stereocenters. The van der Waals surface area contributed by atoms with E-state index in [1.807, 2.05) is 4.90 Å². The van der Waals surface area contributed by atoms with Gasteiger partial charge in [0, 0.05) is 37.9 Å². The van der Waals surface area contributed by atoms with Gasteiger partial charge in [0.15, 0.2) is 17.5 Å². The van der Waals surface area contributed by atoms with Crippen molar-refractivity contribution in [3.8, 4) is 11.5 Å². The Kier molecular flexibility index (Phi) is 4.66. The average Bonchev–Trinajstić information content (AvgIpc) is 3.47. The smallest absolute Gasteiger partial charge is 0.292 e. The number of ether oxygens (including phenoxy) is 2. The fraction of sp³-hybridized carbons (Fsp3) is 0.571. The van der Waals surface area contributed by atoms with E-state index >= 15 is 0 Å². The highest BCUT2D eigenvalue weighted by Crippen LogP contribution is 2.36. The number of fused-ring (bicyclic) bond motifs is 1. The molecule has 154 valence electrons. The summed E-state index contributed by atoms with van der Waals surface area (Å²) in [5.41, 5.74) is 0.533. The van der Waals surface area contributed by atoms with Crippen LogP contribution in [0.5, 0.6) is 11.5 Å². The number of imide groups is 1. The maximum Gasteiger partial charge on any atom is 0.292 e. The number of rotatable bonds is 3. The van der Waals surface area contributed by atoms with Gasteiger partial charge in [0.1, 0.15) is 0 Å². The summed E-state index contributed by atoms with van der Waals surface area (Å²) in [5.74, 6) is 1.18.